The monoisotopic (exact) mass is 374 g/mol. The number of phenols is 1. The molecule has 1 fully saturated rings. The van der Waals surface area contributed by atoms with Crippen LogP contribution in [0.3, 0.4) is 0 Å². The van der Waals surface area contributed by atoms with Crippen molar-refractivity contribution < 1.29 is 22.6 Å². The summed E-state index contributed by atoms with van der Waals surface area (Å²) in [5.74, 6) is 1.19. The number of hydrogen-bond donors (Lipinski definition) is 2. The van der Waals surface area contributed by atoms with E-state index in [-0.39, 0.29) is 24.1 Å². The van der Waals surface area contributed by atoms with Crippen molar-refractivity contribution in [3.63, 3.8) is 0 Å². The van der Waals surface area contributed by atoms with Crippen molar-refractivity contribution in [1.29, 1.82) is 0 Å². The summed E-state index contributed by atoms with van der Waals surface area (Å²) in [6, 6.07) is 17.7. The van der Waals surface area contributed by atoms with Crippen LogP contribution < -0.4 is 12.4 Å². The van der Waals surface area contributed by atoms with E-state index in [1.165, 1.54) is 24.8 Å². The van der Waals surface area contributed by atoms with Crippen molar-refractivity contribution in [3.05, 3.63) is 65.7 Å². The fourth-order valence-electron chi connectivity index (χ4n) is 3.83. The molecule has 0 spiro atoms. The molecular weight excluding hydrogens is 346 g/mol. The van der Waals surface area contributed by atoms with E-state index in [2.05, 4.69) is 42.2 Å². The normalized spacial score (nSPS) is 18.1. The number of aromatic hydroxyl groups is 1. The first-order valence-corrected chi connectivity index (χ1v) is 9.35. The van der Waals surface area contributed by atoms with E-state index in [1.54, 1.807) is 12.1 Å². The zero-order valence-corrected chi connectivity index (χ0v) is 16.1. The van der Waals surface area contributed by atoms with Crippen LogP contribution in [0.25, 0.3) is 0 Å². The van der Waals surface area contributed by atoms with Crippen molar-refractivity contribution in [1.82, 2.24) is 4.90 Å². The highest BCUT2D eigenvalue weighted by Crippen LogP contribution is 2.27. The smallest absolute Gasteiger partial charge is 0.115 e. The number of piperidine rings is 1. The van der Waals surface area contributed by atoms with Gasteiger partial charge in [0.25, 0.3) is 0 Å². The largest absolute Gasteiger partial charge is 1.00 e. The summed E-state index contributed by atoms with van der Waals surface area (Å²) in [6.07, 6.45) is 3.16. The van der Waals surface area contributed by atoms with Gasteiger partial charge in [-0.15, -0.1) is 0 Å². The predicted octanol–water partition coefficient (Wildman–Crippen LogP) is 1.02. The standard InChI is InChI=1S/C22H29NO2.ClH/c1-17(22(25)20-7-9-21(24)10-8-20)16-23-13-11-19(12-14-23)15-18-5-3-2-4-6-18;/h2-10,17,19,22,24-25H,11-16H2,1H3;1H/p-1/t17-,22+;/m0./s1. The lowest BCUT2D eigenvalue weighted by Gasteiger charge is -2.34. The minimum Gasteiger partial charge on any atom is -1.00 e. The molecule has 1 aliphatic heterocycles. The van der Waals surface area contributed by atoms with E-state index in [0.717, 1.165) is 31.1 Å². The molecule has 2 N–H and O–H groups in total. The van der Waals surface area contributed by atoms with E-state index in [9.17, 15) is 10.2 Å². The minimum atomic E-state index is -0.484. The second kappa shape index (κ2) is 9.96. The molecule has 2 aromatic carbocycles. The summed E-state index contributed by atoms with van der Waals surface area (Å²) in [5.41, 5.74) is 2.32. The lowest BCUT2D eigenvalue weighted by atomic mass is 9.89. The quantitative estimate of drug-likeness (QED) is 0.793. The van der Waals surface area contributed by atoms with Crippen LogP contribution >= 0.6 is 0 Å². The average molecular weight is 375 g/mol. The molecule has 2 atom stereocenters. The van der Waals surface area contributed by atoms with Crippen molar-refractivity contribution in [2.75, 3.05) is 19.6 Å². The Kier molecular flexibility index (Phi) is 7.95. The Balaban J connectivity index is 0.00000243. The number of phenolic OH excluding ortho intramolecular Hbond substituents is 1. The molecule has 0 amide bonds. The molecule has 0 saturated carbocycles. The van der Waals surface area contributed by atoms with Gasteiger partial charge in [-0.25, -0.2) is 0 Å². The molecule has 0 radical (unpaired) electrons. The Morgan fingerprint density at radius 3 is 2.23 bits per heavy atom. The van der Waals surface area contributed by atoms with E-state index in [0.29, 0.717) is 0 Å². The number of aliphatic hydroxyl groups excluding tert-OH is 1. The van der Waals surface area contributed by atoms with Crippen LogP contribution in [0.1, 0.15) is 37.0 Å². The molecule has 1 saturated heterocycles. The number of hydrogen-bond acceptors (Lipinski definition) is 3. The Bertz CT molecular complexity index is 639. The van der Waals surface area contributed by atoms with Gasteiger partial charge in [0.1, 0.15) is 5.75 Å². The van der Waals surface area contributed by atoms with Gasteiger partial charge in [0.15, 0.2) is 0 Å². The van der Waals surface area contributed by atoms with Gasteiger partial charge in [-0.05, 0) is 67.4 Å². The summed E-state index contributed by atoms with van der Waals surface area (Å²) in [7, 11) is 0. The molecule has 1 heterocycles. The Morgan fingerprint density at radius 2 is 1.62 bits per heavy atom. The second-order valence-electron chi connectivity index (χ2n) is 7.45. The molecule has 2 aromatic rings. The van der Waals surface area contributed by atoms with Crippen molar-refractivity contribution in [3.8, 4) is 5.75 Å². The highest BCUT2D eigenvalue weighted by molar-refractivity contribution is 5.27. The van der Waals surface area contributed by atoms with Gasteiger partial charge in [0.05, 0.1) is 6.10 Å². The Labute approximate surface area is 163 Å². The molecule has 1 aliphatic rings. The number of likely N-dealkylation sites (tertiary alicyclic amines) is 1. The van der Waals surface area contributed by atoms with Crippen LogP contribution in [-0.2, 0) is 6.42 Å². The van der Waals surface area contributed by atoms with Gasteiger partial charge in [0, 0.05) is 6.54 Å². The summed E-state index contributed by atoms with van der Waals surface area (Å²) >= 11 is 0. The molecule has 0 unspecified atom stereocenters. The topological polar surface area (TPSA) is 43.7 Å². The fourth-order valence-corrected chi connectivity index (χ4v) is 3.83. The van der Waals surface area contributed by atoms with Crippen LogP contribution in [0.4, 0.5) is 0 Å². The molecular formula is C22H29ClNO2-. The maximum absolute atomic E-state index is 10.5. The number of rotatable bonds is 6. The van der Waals surface area contributed by atoms with Crippen LogP contribution in [-0.4, -0.2) is 34.7 Å². The minimum absolute atomic E-state index is 0. The lowest BCUT2D eigenvalue weighted by molar-refractivity contribution is -0.00000832. The van der Waals surface area contributed by atoms with E-state index in [1.807, 2.05) is 12.1 Å². The molecule has 4 heteroatoms. The number of nitrogens with zero attached hydrogens (tertiary/aromatic N) is 1. The van der Waals surface area contributed by atoms with E-state index >= 15 is 0 Å². The third-order valence-corrected chi connectivity index (χ3v) is 5.39. The second-order valence-corrected chi connectivity index (χ2v) is 7.45. The maximum atomic E-state index is 10.5. The lowest BCUT2D eigenvalue weighted by Crippen LogP contribution is -3.00. The number of aliphatic hydroxyl groups is 1. The van der Waals surface area contributed by atoms with Gasteiger partial charge < -0.3 is 27.5 Å². The summed E-state index contributed by atoms with van der Waals surface area (Å²) < 4.78 is 0. The first-order valence-electron chi connectivity index (χ1n) is 9.35. The van der Waals surface area contributed by atoms with Gasteiger partial charge in [-0.2, -0.15) is 0 Å². The van der Waals surface area contributed by atoms with Crippen molar-refractivity contribution in [2.45, 2.75) is 32.3 Å². The summed E-state index contributed by atoms with van der Waals surface area (Å²) in [6.45, 7) is 5.25. The molecule has 3 rings (SSSR count). The van der Waals surface area contributed by atoms with Crippen LogP contribution in [0.2, 0.25) is 0 Å². The third-order valence-electron chi connectivity index (χ3n) is 5.39. The van der Waals surface area contributed by atoms with Crippen molar-refractivity contribution in [2.24, 2.45) is 11.8 Å². The molecule has 3 nitrogen and oxygen atoms in total. The number of benzene rings is 2. The van der Waals surface area contributed by atoms with E-state index < -0.39 is 6.10 Å². The first-order chi connectivity index (χ1) is 12.1. The van der Waals surface area contributed by atoms with Gasteiger partial charge in [0.2, 0.25) is 0 Å². The number of halogens is 1. The first kappa shape index (κ1) is 20.8. The fraction of sp³-hybridized carbons (Fsp3) is 0.455. The van der Waals surface area contributed by atoms with Crippen molar-refractivity contribution >= 4 is 0 Å². The van der Waals surface area contributed by atoms with Crippen LogP contribution in [0.15, 0.2) is 54.6 Å². The van der Waals surface area contributed by atoms with Crippen LogP contribution in [0, 0.1) is 11.8 Å². The Morgan fingerprint density at radius 1 is 1.00 bits per heavy atom. The molecule has 26 heavy (non-hydrogen) atoms. The van der Waals surface area contributed by atoms with Gasteiger partial charge in [-0.1, -0.05) is 49.4 Å². The highest BCUT2D eigenvalue weighted by atomic mass is 35.5. The molecule has 142 valence electrons. The van der Waals surface area contributed by atoms with Gasteiger partial charge >= 0.3 is 0 Å². The maximum Gasteiger partial charge on any atom is 0.115 e. The van der Waals surface area contributed by atoms with E-state index in [4.69, 9.17) is 0 Å². The molecule has 0 bridgehead atoms. The zero-order valence-electron chi connectivity index (χ0n) is 15.4. The zero-order chi connectivity index (χ0) is 17.6. The molecule has 0 aromatic heterocycles. The summed E-state index contributed by atoms with van der Waals surface area (Å²) in [5, 5.41) is 19.9. The summed E-state index contributed by atoms with van der Waals surface area (Å²) in [4.78, 5) is 2.48. The predicted molar refractivity (Wildman–Crippen MR) is 102 cm³/mol. The highest BCUT2D eigenvalue weighted by Gasteiger charge is 2.24. The third kappa shape index (κ3) is 5.73. The average Bonchev–Trinajstić information content (AvgIpc) is 2.64. The SMILES string of the molecule is C[C@@H](CN1CCC(Cc2ccccc2)CC1)[C@@H](O)c1ccc(O)cc1.[Cl-]. The Hall–Kier alpha value is -1.55. The molecule has 0 aliphatic carbocycles. The van der Waals surface area contributed by atoms with Crippen LogP contribution in [0.5, 0.6) is 5.75 Å². The van der Waals surface area contributed by atoms with Gasteiger partial charge in [-0.3, -0.25) is 0 Å².